The van der Waals surface area contributed by atoms with Crippen LogP contribution in [-0.2, 0) is 32.0 Å². The first-order valence-corrected chi connectivity index (χ1v) is 11.7. The molecule has 0 fully saturated rings. The van der Waals surface area contributed by atoms with Gasteiger partial charge in [-0.05, 0) is 36.4 Å². The van der Waals surface area contributed by atoms with Gasteiger partial charge >= 0.3 is 22.4 Å². The van der Waals surface area contributed by atoms with Gasteiger partial charge < -0.3 is 10.2 Å². The first-order chi connectivity index (χ1) is 15.9. The van der Waals surface area contributed by atoms with Gasteiger partial charge in [-0.15, -0.1) is 0 Å². The Kier molecular flexibility index (Phi) is 17.7. The van der Waals surface area contributed by atoms with Gasteiger partial charge in [0.25, 0.3) is 11.9 Å². The van der Waals surface area contributed by atoms with E-state index in [2.05, 4.69) is 97.1 Å². The van der Waals surface area contributed by atoms with Crippen LogP contribution < -0.4 is 15.9 Å². The third-order valence-electron chi connectivity index (χ3n) is 3.79. The number of carbonyl (C=O) groups is 2. The molecule has 4 nitrogen and oxygen atoms in total. The molecule has 4 rings (SSSR count). The van der Waals surface area contributed by atoms with Crippen molar-refractivity contribution in [1.82, 2.24) is 0 Å². The first kappa shape index (κ1) is 31.0. The summed E-state index contributed by atoms with van der Waals surface area (Å²) in [5.74, 6) is -1.67. The number of benzene rings is 4. The van der Waals surface area contributed by atoms with Crippen molar-refractivity contribution in [3.63, 3.8) is 0 Å². The fourth-order valence-corrected chi connectivity index (χ4v) is 5.23. The normalized spacial score (nSPS) is 8.79. The van der Waals surface area contributed by atoms with E-state index in [1.54, 1.807) is 0 Å². The van der Waals surface area contributed by atoms with Crippen LogP contribution in [-0.4, -0.2) is 22.2 Å². The van der Waals surface area contributed by atoms with Gasteiger partial charge in [0.1, 0.15) is 15.9 Å². The number of rotatable bonds is 3. The average Bonchev–Trinajstić information content (AvgIpc) is 2.82. The van der Waals surface area contributed by atoms with E-state index >= 15 is 0 Å². The van der Waals surface area contributed by atoms with E-state index in [1.165, 1.54) is 15.9 Å². The van der Waals surface area contributed by atoms with Gasteiger partial charge in [0, 0.05) is 13.8 Å². The van der Waals surface area contributed by atoms with E-state index in [1.807, 2.05) is 30.3 Å². The molecule has 0 aliphatic carbocycles. The van der Waals surface area contributed by atoms with E-state index in [9.17, 15) is 0 Å². The molecule has 0 radical (unpaired) electrons. The van der Waals surface area contributed by atoms with Crippen molar-refractivity contribution < 1.29 is 42.2 Å². The summed E-state index contributed by atoms with van der Waals surface area (Å²) in [4.78, 5) is 18.0. The van der Waals surface area contributed by atoms with Crippen LogP contribution in [0.1, 0.15) is 13.8 Å². The maximum atomic E-state index is 9.00. The molecule has 0 heterocycles. The Morgan fingerprint density at radius 1 is 0.559 bits per heavy atom. The van der Waals surface area contributed by atoms with E-state index in [-0.39, 0.29) is 22.4 Å². The zero-order chi connectivity index (χ0) is 24.3. The number of carboxylic acids is 2. The minimum Gasteiger partial charge on any atom is -0.481 e. The topological polar surface area (TPSA) is 74.6 Å². The van der Waals surface area contributed by atoms with Crippen LogP contribution in [0.15, 0.2) is 121 Å². The SMILES string of the molecule is CC(=O)O.CC(=O)O.[Au+].[c-]1ccccc1.c1ccc([PH+](c2ccccc2)c2ccccc2)cc1. The molecule has 0 atom stereocenters. The number of aliphatic carboxylic acids is 2. The van der Waals surface area contributed by atoms with Crippen molar-refractivity contribution >= 4 is 35.8 Å². The maximum absolute atomic E-state index is 9.00. The molecule has 0 aliphatic heterocycles. The molecule has 4 aromatic rings. The minimum atomic E-state index is -0.877. The van der Waals surface area contributed by atoms with E-state index < -0.39 is 19.9 Å². The minimum absolute atomic E-state index is 0. The number of hydrogen-bond donors (Lipinski definition) is 2. The van der Waals surface area contributed by atoms with Crippen LogP contribution in [0.2, 0.25) is 0 Å². The van der Waals surface area contributed by atoms with Crippen LogP contribution in [0, 0.1) is 6.07 Å². The zero-order valence-corrected chi connectivity index (χ0v) is 22.2. The zero-order valence-electron chi connectivity index (χ0n) is 19.1. The molecule has 34 heavy (non-hydrogen) atoms. The summed E-state index contributed by atoms with van der Waals surface area (Å²) in [7, 11) is -0.877. The molecule has 0 aliphatic rings. The third kappa shape index (κ3) is 14.9. The second-order valence-corrected chi connectivity index (χ2v) is 9.07. The Hall–Kier alpha value is -3.01. The van der Waals surface area contributed by atoms with Crippen molar-refractivity contribution in [1.29, 1.82) is 0 Å². The Morgan fingerprint density at radius 3 is 0.971 bits per heavy atom. The van der Waals surface area contributed by atoms with Gasteiger partial charge in [-0.2, -0.15) is 36.4 Å². The molecule has 4 aromatic carbocycles. The summed E-state index contributed by atoms with van der Waals surface area (Å²) in [6.07, 6.45) is 0. The van der Waals surface area contributed by atoms with Gasteiger partial charge in [0.05, 0.1) is 7.92 Å². The summed E-state index contributed by atoms with van der Waals surface area (Å²) in [6, 6.07) is 45.0. The second-order valence-electron chi connectivity index (χ2n) is 6.59. The molecule has 0 saturated carbocycles. The van der Waals surface area contributed by atoms with Crippen molar-refractivity contribution in [3.05, 3.63) is 127 Å². The summed E-state index contributed by atoms with van der Waals surface area (Å²) >= 11 is 0. The van der Waals surface area contributed by atoms with Gasteiger partial charge in [0.2, 0.25) is 0 Å². The van der Waals surface area contributed by atoms with Crippen molar-refractivity contribution in [2.45, 2.75) is 13.8 Å². The summed E-state index contributed by atoms with van der Waals surface area (Å²) in [5.41, 5.74) is 0. The summed E-state index contributed by atoms with van der Waals surface area (Å²) in [5, 5.41) is 19.1. The quantitative estimate of drug-likeness (QED) is 0.188. The van der Waals surface area contributed by atoms with Crippen molar-refractivity contribution in [2.75, 3.05) is 0 Å². The predicted molar refractivity (Wildman–Crippen MR) is 138 cm³/mol. The Bertz CT molecular complexity index is 890. The molecule has 6 heteroatoms. The first-order valence-electron chi connectivity index (χ1n) is 10.2. The van der Waals surface area contributed by atoms with Gasteiger partial charge in [0.15, 0.2) is 0 Å². The van der Waals surface area contributed by atoms with E-state index in [0.29, 0.717) is 0 Å². The molecule has 0 saturated heterocycles. The standard InChI is InChI=1S/C18H15P.C6H5.2C2H4O2.Au/c1-4-10-16(11-5-1)19(17-12-6-2-7-13-17)18-14-8-3-9-15-18;1-2-4-6-5-3-1;2*1-2(3)4;/h1-15H;1-5H;2*1H3,(H,3,4);/q;-1;;;+1/p+1. The van der Waals surface area contributed by atoms with Gasteiger partial charge in [-0.1, -0.05) is 54.6 Å². The number of carboxylic acid groups (broad SMARTS) is 2. The van der Waals surface area contributed by atoms with E-state index in [0.717, 1.165) is 13.8 Å². The molecule has 0 bridgehead atoms. The molecule has 0 aromatic heterocycles. The van der Waals surface area contributed by atoms with Crippen LogP contribution >= 0.6 is 7.92 Å². The van der Waals surface area contributed by atoms with Crippen LogP contribution in [0.5, 0.6) is 0 Å². The van der Waals surface area contributed by atoms with Gasteiger partial charge in [-0.3, -0.25) is 9.59 Å². The van der Waals surface area contributed by atoms with Crippen LogP contribution in [0.3, 0.4) is 0 Å². The molecular weight excluding hydrogens is 628 g/mol. The summed E-state index contributed by atoms with van der Waals surface area (Å²) in [6.45, 7) is 2.17. The molecule has 0 unspecified atom stereocenters. The molecular formula is C28H29AuO4P+. The molecule has 180 valence electrons. The monoisotopic (exact) mass is 657 g/mol. The Labute approximate surface area is 218 Å². The summed E-state index contributed by atoms with van der Waals surface area (Å²) < 4.78 is 0. The predicted octanol–water partition coefficient (Wildman–Crippen LogP) is 4.84. The smallest absolute Gasteiger partial charge is 0.481 e. The largest absolute Gasteiger partial charge is 1.00 e. The fourth-order valence-electron chi connectivity index (χ4n) is 2.66. The van der Waals surface area contributed by atoms with E-state index in [4.69, 9.17) is 19.8 Å². The Balaban J connectivity index is 0.000000599. The Morgan fingerprint density at radius 2 is 0.794 bits per heavy atom. The number of hydrogen-bond acceptors (Lipinski definition) is 2. The molecule has 0 spiro atoms. The molecule has 2 N–H and O–H groups in total. The fraction of sp³-hybridized carbons (Fsp3) is 0.0714. The van der Waals surface area contributed by atoms with Crippen molar-refractivity contribution in [3.8, 4) is 0 Å². The second kappa shape index (κ2) is 19.5. The van der Waals surface area contributed by atoms with Gasteiger partial charge in [-0.25, -0.2) is 0 Å². The van der Waals surface area contributed by atoms with Crippen LogP contribution in [0.25, 0.3) is 0 Å². The van der Waals surface area contributed by atoms with Crippen molar-refractivity contribution in [2.24, 2.45) is 0 Å². The molecule has 0 amide bonds. The van der Waals surface area contributed by atoms with Crippen LogP contribution in [0.4, 0.5) is 0 Å². The third-order valence-corrected chi connectivity index (χ3v) is 6.53. The maximum Gasteiger partial charge on any atom is 1.00 e. The average molecular weight is 657 g/mol.